The highest BCUT2D eigenvalue weighted by Gasteiger charge is 2.18. The van der Waals surface area contributed by atoms with Crippen molar-refractivity contribution in [3.8, 4) is 0 Å². The molecular weight excluding hydrogens is 246 g/mol. The fraction of sp³-hybridized carbons (Fsp3) is 1.00. The van der Waals surface area contributed by atoms with Gasteiger partial charge in [-0.25, -0.2) is 5.26 Å². The van der Waals surface area contributed by atoms with Crippen LogP contribution in [-0.2, 0) is 13.8 Å². The topological polar surface area (TPSA) is 124 Å². The normalized spacial score (nSPS) is 16.3. The summed E-state index contributed by atoms with van der Waals surface area (Å²) in [6.07, 6.45) is 1.56. The third kappa shape index (κ3) is 10.5. The van der Waals surface area contributed by atoms with Crippen LogP contribution in [0, 0.1) is 0 Å². The molecule has 0 aromatic carbocycles. The lowest BCUT2D eigenvalue weighted by molar-refractivity contribution is -0.145. The van der Waals surface area contributed by atoms with Gasteiger partial charge in [0.05, 0.1) is 6.16 Å². The van der Waals surface area contributed by atoms with Crippen molar-refractivity contribution in [1.82, 2.24) is 0 Å². The van der Waals surface area contributed by atoms with E-state index in [9.17, 15) is 9.13 Å². The molecule has 15 heavy (non-hydrogen) atoms. The van der Waals surface area contributed by atoms with Crippen LogP contribution in [-0.4, -0.2) is 32.3 Å². The van der Waals surface area contributed by atoms with Gasteiger partial charge < -0.3 is 14.7 Å². The number of hydrogen-bond acceptors (Lipinski definition) is 4. The first-order valence-corrected chi connectivity index (χ1v) is 8.02. The van der Waals surface area contributed by atoms with E-state index in [2.05, 4.69) is 4.67 Å². The highest BCUT2D eigenvalue weighted by Crippen LogP contribution is 2.41. The van der Waals surface area contributed by atoms with E-state index in [-0.39, 0.29) is 12.3 Å². The zero-order valence-corrected chi connectivity index (χ0v) is 9.94. The Morgan fingerprint density at radius 3 is 1.73 bits per heavy atom. The van der Waals surface area contributed by atoms with Gasteiger partial charge in [-0.2, -0.15) is 4.67 Å². The number of hydrogen-bond donors (Lipinski definition) is 4. The first kappa shape index (κ1) is 15.3. The van der Waals surface area contributed by atoms with Crippen LogP contribution in [0.4, 0.5) is 0 Å². The van der Waals surface area contributed by atoms with E-state index in [1.54, 1.807) is 0 Å². The zero-order valence-electron chi connectivity index (χ0n) is 8.15. The smallest absolute Gasteiger partial charge is 0.324 e. The van der Waals surface area contributed by atoms with Gasteiger partial charge in [0.25, 0.3) is 0 Å². The van der Waals surface area contributed by atoms with E-state index in [0.29, 0.717) is 25.7 Å². The third-order valence-electron chi connectivity index (χ3n) is 1.77. The van der Waals surface area contributed by atoms with Gasteiger partial charge in [0.15, 0.2) is 0 Å². The second kappa shape index (κ2) is 6.76. The van der Waals surface area contributed by atoms with Crippen molar-refractivity contribution in [2.24, 2.45) is 0 Å². The Morgan fingerprint density at radius 2 is 1.33 bits per heavy atom. The van der Waals surface area contributed by atoms with Gasteiger partial charge in [-0.1, -0.05) is 12.8 Å². The summed E-state index contributed by atoms with van der Waals surface area (Å²) < 4.78 is 24.5. The van der Waals surface area contributed by atoms with E-state index >= 15 is 0 Å². The van der Waals surface area contributed by atoms with Gasteiger partial charge in [0, 0.05) is 6.16 Å². The Balaban J connectivity index is 3.41. The summed E-state index contributed by atoms with van der Waals surface area (Å²) in [5.74, 6) is 0. The summed E-state index contributed by atoms with van der Waals surface area (Å²) in [4.78, 5) is 25.8. The van der Waals surface area contributed by atoms with Crippen LogP contribution in [0.1, 0.15) is 25.7 Å². The minimum Gasteiger partial charge on any atom is -0.324 e. The fourth-order valence-corrected chi connectivity index (χ4v) is 2.36. The van der Waals surface area contributed by atoms with Crippen molar-refractivity contribution in [1.29, 1.82) is 0 Å². The SMILES string of the molecule is O=P(O)(O)CCCCCCP(=O)(O)OO. The molecule has 0 aliphatic carbocycles. The molecule has 0 rings (SSSR count). The molecule has 0 saturated heterocycles. The van der Waals surface area contributed by atoms with Gasteiger partial charge in [-0.15, -0.1) is 0 Å². The Bertz CT molecular complexity index is 260. The van der Waals surface area contributed by atoms with Crippen molar-refractivity contribution >= 4 is 15.2 Å². The summed E-state index contributed by atoms with van der Waals surface area (Å²) in [6.45, 7) is 0. The lowest BCUT2D eigenvalue weighted by Crippen LogP contribution is -1.93. The molecule has 1 atom stereocenters. The van der Waals surface area contributed by atoms with Crippen LogP contribution in [0.2, 0.25) is 0 Å². The summed E-state index contributed by atoms with van der Waals surface area (Å²) in [6, 6.07) is 0. The molecule has 1 unspecified atom stereocenters. The lowest BCUT2D eigenvalue weighted by atomic mass is 10.2. The molecule has 0 amide bonds. The predicted molar refractivity (Wildman–Crippen MR) is 53.8 cm³/mol. The number of rotatable bonds is 8. The van der Waals surface area contributed by atoms with Gasteiger partial charge in [0.2, 0.25) is 0 Å². The molecule has 0 aliphatic heterocycles. The van der Waals surface area contributed by atoms with Crippen molar-refractivity contribution in [3.63, 3.8) is 0 Å². The molecule has 0 bridgehead atoms. The summed E-state index contributed by atoms with van der Waals surface area (Å²) in [5, 5.41) is 7.99. The maximum absolute atomic E-state index is 10.7. The maximum Gasteiger partial charge on any atom is 0.355 e. The highest BCUT2D eigenvalue weighted by molar-refractivity contribution is 7.52. The molecule has 0 spiro atoms. The second-order valence-electron chi connectivity index (χ2n) is 3.25. The van der Waals surface area contributed by atoms with Crippen LogP contribution in [0.5, 0.6) is 0 Å². The molecule has 9 heteroatoms. The summed E-state index contributed by atoms with van der Waals surface area (Å²) in [7, 11) is -7.77. The second-order valence-corrected chi connectivity index (χ2v) is 6.91. The van der Waals surface area contributed by atoms with Crippen LogP contribution in [0.15, 0.2) is 0 Å². The van der Waals surface area contributed by atoms with Crippen molar-refractivity contribution < 1.29 is 33.7 Å². The molecule has 92 valence electrons. The fourth-order valence-electron chi connectivity index (χ4n) is 1.02. The van der Waals surface area contributed by atoms with Gasteiger partial charge >= 0.3 is 15.2 Å². The molecule has 0 heterocycles. The Morgan fingerprint density at radius 1 is 0.867 bits per heavy atom. The Hall–Kier alpha value is 0.260. The average Bonchev–Trinajstić information content (AvgIpc) is 2.09. The standard InChI is InChI=1S/C6H16O7P2/c7-13-15(11,12)6-4-2-1-3-5-14(8,9)10/h7H,1-6H2,(H,11,12)(H2,8,9,10). The van der Waals surface area contributed by atoms with Crippen LogP contribution in [0.3, 0.4) is 0 Å². The Labute approximate surface area is 87.7 Å². The molecular formula is C6H16O7P2. The van der Waals surface area contributed by atoms with E-state index in [4.69, 9.17) is 19.9 Å². The van der Waals surface area contributed by atoms with E-state index < -0.39 is 15.2 Å². The van der Waals surface area contributed by atoms with Gasteiger partial charge in [0.1, 0.15) is 0 Å². The third-order valence-corrected chi connectivity index (χ3v) is 3.80. The van der Waals surface area contributed by atoms with E-state index in [0.717, 1.165) is 0 Å². The first-order chi connectivity index (χ1) is 6.77. The Kier molecular flexibility index (Phi) is 6.88. The highest BCUT2D eigenvalue weighted by atomic mass is 31.2. The molecule has 7 nitrogen and oxygen atoms in total. The minimum absolute atomic E-state index is 0.153. The summed E-state index contributed by atoms with van der Waals surface area (Å²) in [5.41, 5.74) is 0. The quantitative estimate of drug-likeness (QED) is 0.225. The van der Waals surface area contributed by atoms with Crippen molar-refractivity contribution in [3.05, 3.63) is 0 Å². The minimum atomic E-state index is -3.92. The molecule has 0 aromatic rings. The molecule has 0 aliphatic rings. The molecule has 4 N–H and O–H groups in total. The van der Waals surface area contributed by atoms with E-state index in [1.165, 1.54) is 0 Å². The maximum atomic E-state index is 10.7. The molecule has 0 fully saturated rings. The monoisotopic (exact) mass is 262 g/mol. The average molecular weight is 262 g/mol. The van der Waals surface area contributed by atoms with Gasteiger partial charge in [-0.05, 0) is 12.8 Å². The predicted octanol–water partition coefficient (Wildman–Crippen LogP) is 1.40. The summed E-state index contributed by atoms with van der Waals surface area (Å²) >= 11 is 0. The first-order valence-electron chi connectivity index (χ1n) is 4.46. The molecule has 0 aromatic heterocycles. The number of unbranched alkanes of at least 4 members (excludes halogenated alkanes) is 3. The zero-order chi connectivity index (χ0) is 11.9. The van der Waals surface area contributed by atoms with Gasteiger partial charge in [-0.3, -0.25) is 9.13 Å². The molecule has 0 radical (unpaired) electrons. The molecule has 0 saturated carbocycles. The lowest BCUT2D eigenvalue weighted by Gasteiger charge is -2.06. The van der Waals surface area contributed by atoms with Crippen LogP contribution in [0.25, 0.3) is 0 Å². The van der Waals surface area contributed by atoms with Crippen molar-refractivity contribution in [2.45, 2.75) is 25.7 Å². The largest absolute Gasteiger partial charge is 0.355 e. The van der Waals surface area contributed by atoms with E-state index in [1.807, 2.05) is 0 Å². The van der Waals surface area contributed by atoms with Crippen LogP contribution >= 0.6 is 15.2 Å². The van der Waals surface area contributed by atoms with Crippen LogP contribution < -0.4 is 0 Å². The van der Waals surface area contributed by atoms with Crippen molar-refractivity contribution in [2.75, 3.05) is 12.3 Å².